The van der Waals surface area contributed by atoms with E-state index < -0.39 is 0 Å². The molecule has 5 heteroatoms. The van der Waals surface area contributed by atoms with E-state index in [1.54, 1.807) is 0 Å². The summed E-state index contributed by atoms with van der Waals surface area (Å²) in [6, 6.07) is 8.39. The third-order valence-electron chi connectivity index (χ3n) is 5.14. The minimum absolute atomic E-state index is 0.127. The number of nitrogens with zero attached hydrogens (tertiary/aromatic N) is 4. The molecule has 0 spiro atoms. The zero-order valence-electron chi connectivity index (χ0n) is 13.7. The summed E-state index contributed by atoms with van der Waals surface area (Å²) >= 11 is 0. The molecule has 23 heavy (non-hydrogen) atoms. The van der Waals surface area contributed by atoms with Gasteiger partial charge in [0.2, 0.25) is 5.91 Å². The lowest BCUT2D eigenvalue weighted by molar-refractivity contribution is -0.132. The van der Waals surface area contributed by atoms with Crippen LogP contribution < -0.4 is 0 Å². The van der Waals surface area contributed by atoms with Gasteiger partial charge in [-0.1, -0.05) is 24.3 Å². The number of carbonyl (C=O) groups is 1. The van der Waals surface area contributed by atoms with Crippen LogP contribution in [0.25, 0.3) is 0 Å². The van der Waals surface area contributed by atoms with Gasteiger partial charge in [-0.3, -0.25) is 4.79 Å². The highest BCUT2D eigenvalue weighted by molar-refractivity contribution is 5.82. The molecule has 1 aromatic heterocycles. The van der Waals surface area contributed by atoms with Crippen LogP contribution in [0.5, 0.6) is 0 Å². The number of rotatable bonds is 4. The normalized spacial score (nSPS) is 22.0. The van der Waals surface area contributed by atoms with Crippen molar-refractivity contribution in [3.05, 3.63) is 47.0 Å². The van der Waals surface area contributed by atoms with E-state index in [4.69, 9.17) is 0 Å². The third kappa shape index (κ3) is 2.54. The van der Waals surface area contributed by atoms with E-state index >= 15 is 0 Å². The summed E-state index contributed by atoms with van der Waals surface area (Å²) in [6.07, 6.45) is 3.10. The molecule has 1 aromatic carbocycles. The summed E-state index contributed by atoms with van der Waals surface area (Å²) in [4.78, 5) is 14.5. The number of hydrogen-bond acceptors (Lipinski definition) is 3. The lowest BCUT2D eigenvalue weighted by Gasteiger charge is -2.17. The molecule has 1 saturated carbocycles. The number of benzene rings is 1. The van der Waals surface area contributed by atoms with Crippen molar-refractivity contribution in [1.82, 2.24) is 19.7 Å². The van der Waals surface area contributed by atoms with Gasteiger partial charge < -0.3 is 9.47 Å². The Kier molecular flexibility index (Phi) is 3.43. The minimum atomic E-state index is 0.127. The van der Waals surface area contributed by atoms with Crippen molar-refractivity contribution in [3.63, 3.8) is 0 Å². The maximum atomic E-state index is 12.7. The summed E-state index contributed by atoms with van der Waals surface area (Å²) in [5.41, 5.74) is 2.60. The van der Waals surface area contributed by atoms with Crippen LogP contribution in [0.15, 0.2) is 24.3 Å². The van der Waals surface area contributed by atoms with Crippen LogP contribution in [0, 0.1) is 12.8 Å². The smallest absolute Gasteiger partial charge is 0.226 e. The van der Waals surface area contributed by atoms with Gasteiger partial charge in [-0.2, -0.15) is 0 Å². The fourth-order valence-electron chi connectivity index (χ4n) is 3.72. The van der Waals surface area contributed by atoms with E-state index in [9.17, 15) is 4.79 Å². The van der Waals surface area contributed by atoms with Gasteiger partial charge in [0, 0.05) is 25.9 Å². The fraction of sp³-hybridized carbons (Fsp3) is 0.500. The molecule has 0 bridgehead atoms. The van der Waals surface area contributed by atoms with Crippen molar-refractivity contribution in [2.45, 2.75) is 45.2 Å². The van der Waals surface area contributed by atoms with Gasteiger partial charge in [-0.15, -0.1) is 10.2 Å². The lowest BCUT2D eigenvalue weighted by Crippen LogP contribution is -2.29. The van der Waals surface area contributed by atoms with E-state index in [-0.39, 0.29) is 11.8 Å². The molecule has 1 aliphatic heterocycles. The van der Waals surface area contributed by atoms with Gasteiger partial charge in [0.05, 0.1) is 6.54 Å². The zero-order chi connectivity index (χ0) is 16.0. The van der Waals surface area contributed by atoms with Gasteiger partial charge in [-0.25, -0.2) is 0 Å². The highest BCUT2D eigenvalue weighted by atomic mass is 16.2. The number of amides is 1. The first-order valence-electron chi connectivity index (χ1n) is 8.36. The molecule has 0 saturated heterocycles. The molecular formula is C18H22N4O. The Morgan fingerprint density at radius 2 is 2.17 bits per heavy atom. The van der Waals surface area contributed by atoms with Crippen molar-refractivity contribution in [3.8, 4) is 0 Å². The van der Waals surface area contributed by atoms with Crippen LogP contribution in [0.1, 0.15) is 41.5 Å². The SMILES string of the molecule is Cc1ccccc1[C@H]1C[C@@H]1C(=O)N(C)Cc1nnc2n1CCC2. The molecule has 1 fully saturated rings. The first-order valence-corrected chi connectivity index (χ1v) is 8.36. The molecule has 2 aromatic rings. The monoisotopic (exact) mass is 310 g/mol. The maximum Gasteiger partial charge on any atom is 0.226 e. The second kappa shape index (κ2) is 5.48. The third-order valence-corrected chi connectivity index (χ3v) is 5.14. The summed E-state index contributed by atoms with van der Waals surface area (Å²) in [5, 5.41) is 8.47. The van der Waals surface area contributed by atoms with Crippen molar-refractivity contribution >= 4 is 5.91 Å². The number of aromatic nitrogens is 3. The fourth-order valence-corrected chi connectivity index (χ4v) is 3.72. The van der Waals surface area contributed by atoms with E-state index in [1.165, 1.54) is 11.1 Å². The Morgan fingerprint density at radius 3 is 3.00 bits per heavy atom. The molecule has 2 aliphatic rings. The standard InChI is InChI=1S/C18H22N4O/c1-12-6-3-4-7-13(12)14-10-15(14)18(23)21(2)11-17-20-19-16-8-5-9-22(16)17/h3-4,6-7,14-15H,5,8-11H2,1-2H3/t14-,15+/m1/s1. The second-order valence-corrected chi connectivity index (χ2v) is 6.79. The number of hydrogen-bond donors (Lipinski definition) is 0. The number of aryl methyl sites for hydroxylation is 2. The molecule has 2 atom stereocenters. The predicted molar refractivity (Wildman–Crippen MR) is 86.8 cm³/mol. The van der Waals surface area contributed by atoms with Gasteiger partial charge >= 0.3 is 0 Å². The molecule has 1 aliphatic carbocycles. The number of fused-ring (bicyclic) bond motifs is 1. The second-order valence-electron chi connectivity index (χ2n) is 6.79. The van der Waals surface area contributed by atoms with Crippen LogP contribution in [-0.4, -0.2) is 32.6 Å². The van der Waals surface area contributed by atoms with Gasteiger partial charge in [0.1, 0.15) is 5.82 Å². The lowest BCUT2D eigenvalue weighted by atomic mass is 10.0. The van der Waals surface area contributed by atoms with Gasteiger partial charge in [0.25, 0.3) is 0 Å². The van der Waals surface area contributed by atoms with Crippen molar-refractivity contribution in [1.29, 1.82) is 0 Å². The zero-order valence-corrected chi connectivity index (χ0v) is 13.7. The average Bonchev–Trinajstić information content (AvgIpc) is 3.03. The Hall–Kier alpha value is -2.17. The molecule has 0 radical (unpaired) electrons. The molecule has 1 amide bonds. The van der Waals surface area contributed by atoms with Crippen molar-refractivity contribution < 1.29 is 4.79 Å². The van der Waals surface area contributed by atoms with Crippen LogP contribution in [-0.2, 0) is 24.3 Å². The number of carbonyl (C=O) groups excluding carboxylic acids is 1. The van der Waals surface area contributed by atoms with Crippen LogP contribution in [0.4, 0.5) is 0 Å². The van der Waals surface area contributed by atoms with E-state index in [0.717, 1.165) is 37.5 Å². The largest absolute Gasteiger partial charge is 0.338 e. The Labute approximate surface area is 136 Å². The average molecular weight is 310 g/mol. The van der Waals surface area contributed by atoms with Crippen LogP contribution in [0.2, 0.25) is 0 Å². The van der Waals surface area contributed by atoms with Crippen molar-refractivity contribution in [2.75, 3.05) is 7.05 Å². The first-order chi connectivity index (χ1) is 11.1. The maximum absolute atomic E-state index is 12.7. The summed E-state index contributed by atoms with van der Waals surface area (Å²) in [6.45, 7) is 3.66. The van der Waals surface area contributed by atoms with Gasteiger partial charge in [0.15, 0.2) is 5.82 Å². The van der Waals surface area contributed by atoms with Crippen LogP contribution in [0.3, 0.4) is 0 Å². The molecule has 5 nitrogen and oxygen atoms in total. The quantitative estimate of drug-likeness (QED) is 0.870. The molecule has 2 heterocycles. The Balaban J connectivity index is 1.43. The summed E-state index contributed by atoms with van der Waals surface area (Å²) in [5.74, 6) is 2.72. The summed E-state index contributed by atoms with van der Waals surface area (Å²) < 4.78 is 2.16. The molecule has 4 rings (SSSR count). The molecular weight excluding hydrogens is 288 g/mol. The highest BCUT2D eigenvalue weighted by Gasteiger charge is 2.45. The van der Waals surface area contributed by atoms with E-state index in [2.05, 4.69) is 46.0 Å². The van der Waals surface area contributed by atoms with Gasteiger partial charge in [-0.05, 0) is 36.8 Å². The molecule has 120 valence electrons. The topological polar surface area (TPSA) is 51.0 Å². The minimum Gasteiger partial charge on any atom is -0.338 e. The molecule has 0 unspecified atom stereocenters. The molecule has 0 N–H and O–H groups in total. The Bertz CT molecular complexity index is 751. The van der Waals surface area contributed by atoms with Crippen molar-refractivity contribution in [2.24, 2.45) is 5.92 Å². The summed E-state index contributed by atoms with van der Waals surface area (Å²) in [7, 11) is 1.88. The van der Waals surface area contributed by atoms with E-state index in [0.29, 0.717) is 12.5 Å². The first kappa shape index (κ1) is 14.4. The van der Waals surface area contributed by atoms with E-state index in [1.807, 2.05) is 11.9 Å². The Morgan fingerprint density at radius 1 is 1.35 bits per heavy atom. The highest BCUT2D eigenvalue weighted by Crippen LogP contribution is 2.49. The van der Waals surface area contributed by atoms with Crippen LogP contribution >= 0.6 is 0 Å². The predicted octanol–water partition coefficient (Wildman–Crippen LogP) is 2.29.